The second-order valence-corrected chi connectivity index (χ2v) is 10.5. The predicted octanol–water partition coefficient (Wildman–Crippen LogP) is 4.52. The number of fused-ring (bicyclic) bond motifs is 1. The number of nitrogens with zero attached hydrogens (tertiary/aromatic N) is 2. The van der Waals surface area contributed by atoms with Crippen molar-refractivity contribution in [2.24, 2.45) is 0 Å². The zero-order valence-electron chi connectivity index (χ0n) is 21.5. The summed E-state index contributed by atoms with van der Waals surface area (Å²) >= 11 is 2.36. The fourth-order valence-electron chi connectivity index (χ4n) is 3.90. The highest BCUT2D eigenvalue weighted by atomic mass is 32.1. The monoisotopic (exact) mass is 554 g/mol. The number of benzene rings is 1. The van der Waals surface area contributed by atoms with Crippen molar-refractivity contribution in [2.45, 2.75) is 34.2 Å². The molecular formula is C26H26N4O6S2. The predicted molar refractivity (Wildman–Crippen MR) is 148 cm³/mol. The zero-order chi connectivity index (χ0) is 27.6. The number of amides is 2. The molecule has 0 saturated carbocycles. The molecule has 2 N–H and O–H groups in total. The number of carbonyl (C=O) groups is 3. The van der Waals surface area contributed by atoms with Crippen LogP contribution in [0.4, 0.5) is 10.7 Å². The molecule has 2 amide bonds. The average molecular weight is 555 g/mol. The average Bonchev–Trinajstić information content (AvgIpc) is 3.37. The minimum absolute atomic E-state index is 0.209. The Kier molecular flexibility index (Phi) is 7.93. The lowest BCUT2D eigenvalue weighted by atomic mass is 10.1. The van der Waals surface area contributed by atoms with E-state index in [2.05, 4.69) is 15.6 Å². The number of esters is 1. The largest absolute Gasteiger partial charge is 0.495 e. The molecule has 3 aromatic heterocycles. The van der Waals surface area contributed by atoms with Crippen LogP contribution in [0.3, 0.4) is 0 Å². The number of hydrogen-bond donors (Lipinski definition) is 2. The van der Waals surface area contributed by atoms with Gasteiger partial charge in [0.05, 0.1) is 41.6 Å². The minimum Gasteiger partial charge on any atom is -0.495 e. The smallest absolute Gasteiger partial charge is 0.341 e. The van der Waals surface area contributed by atoms with Gasteiger partial charge in [0.25, 0.3) is 11.5 Å². The number of thiophene rings is 2. The minimum atomic E-state index is -0.516. The molecular weight excluding hydrogens is 528 g/mol. The summed E-state index contributed by atoms with van der Waals surface area (Å²) in [6.07, 6.45) is 1.28. The standard InChI is InChI=1S/C26H26N4O6S2/c1-6-36-26(34)20-13(2)15(4)37-24(20)29-18(31)11-30-12-27-23-19(25(30)33)14(3)21(38-23)22(32)28-16-9-7-8-10-17(16)35-5/h7-10,12H,6,11H2,1-5H3,(H,28,32)(H,29,31). The van der Waals surface area contributed by atoms with Gasteiger partial charge in [0.2, 0.25) is 5.91 Å². The molecule has 0 bridgehead atoms. The Hall–Kier alpha value is -4.03. The number of hydrogen-bond acceptors (Lipinski definition) is 9. The van der Waals surface area contributed by atoms with E-state index in [1.54, 1.807) is 45.0 Å². The van der Waals surface area contributed by atoms with Crippen molar-refractivity contribution in [3.8, 4) is 5.75 Å². The fourth-order valence-corrected chi connectivity index (χ4v) is 6.00. The molecule has 198 valence electrons. The topological polar surface area (TPSA) is 129 Å². The van der Waals surface area contributed by atoms with Gasteiger partial charge in [-0.15, -0.1) is 22.7 Å². The second-order valence-electron chi connectivity index (χ2n) is 8.32. The number of aromatic nitrogens is 2. The molecule has 0 atom stereocenters. The number of ether oxygens (including phenoxy) is 2. The summed E-state index contributed by atoms with van der Waals surface area (Å²) in [6, 6.07) is 7.01. The number of nitrogens with one attached hydrogen (secondary N) is 2. The Labute approximate surface area is 226 Å². The Balaban J connectivity index is 1.58. The summed E-state index contributed by atoms with van der Waals surface area (Å²) in [5.74, 6) is -0.901. The molecule has 0 aliphatic carbocycles. The molecule has 0 radical (unpaired) electrons. The summed E-state index contributed by atoms with van der Waals surface area (Å²) < 4.78 is 11.6. The first kappa shape index (κ1) is 27.0. The van der Waals surface area contributed by atoms with Crippen LogP contribution in [0.2, 0.25) is 0 Å². The van der Waals surface area contributed by atoms with Crippen LogP contribution < -0.4 is 20.9 Å². The van der Waals surface area contributed by atoms with Crippen molar-refractivity contribution in [3.05, 3.63) is 67.4 Å². The highest BCUT2D eigenvalue weighted by Crippen LogP contribution is 2.33. The van der Waals surface area contributed by atoms with Gasteiger partial charge in [-0.05, 0) is 51.0 Å². The Morgan fingerprint density at radius 2 is 1.79 bits per heavy atom. The number of aryl methyl sites for hydroxylation is 2. The third kappa shape index (κ3) is 5.18. The highest BCUT2D eigenvalue weighted by Gasteiger charge is 2.24. The van der Waals surface area contributed by atoms with Crippen LogP contribution in [0.25, 0.3) is 10.2 Å². The molecule has 0 unspecified atom stereocenters. The first-order chi connectivity index (χ1) is 18.2. The number of methoxy groups -OCH3 is 1. The van der Waals surface area contributed by atoms with Crippen molar-refractivity contribution in [3.63, 3.8) is 0 Å². The van der Waals surface area contributed by atoms with Crippen molar-refractivity contribution in [1.29, 1.82) is 0 Å². The maximum atomic E-state index is 13.3. The molecule has 10 nitrogen and oxygen atoms in total. The molecule has 3 heterocycles. The van der Waals surface area contributed by atoms with E-state index in [-0.39, 0.29) is 18.5 Å². The second kappa shape index (κ2) is 11.2. The van der Waals surface area contributed by atoms with Crippen LogP contribution in [-0.4, -0.2) is 41.1 Å². The Morgan fingerprint density at radius 3 is 2.50 bits per heavy atom. The van der Waals surface area contributed by atoms with Crippen LogP contribution in [-0.2, 0) is 16.1 Å². The lowest BCUT2D eigenvalue weighted by molar-refractivity contribution is -0.116. The number of para-hydroxylation sites is 2. The molecule has 0 aliphatic heterocycles. The van der Waals surface area contributed by atoms with Crippen LogP contribution in [0, 0.1) is 20.8 Å². The molecule has 12 heteroatoms. The molecule has 0 fully saturated rings. The Morgan fingerprint density at radius 1 is 1.05 bits per heavy atom. The van der Waals surface area contributed by atoms with Gasteiger partial charge >= 0.3 is 5.97 Å². The zero-order valence-corrected chi connectivity index (χ0v) is 23.1. The van der Waals surface area contributed by atoms with Crippen LogP contribution in [0.1, 0.15) is 43.0 Å². The van der Waals surface area contributed by atoms with E-state index in [1.165, 1.54) is 29.3 Å². The maximum Gasteiger partial charge on any atom is 0.341 e. The molecule has 4 aromatic rings. The van der Waals surface area contributed by atoms with Crippen LogP contribution in [0.15, 0.2) is 35.4 Å². The summed E-state index contributed by atoms with van der Waals surface area (Å²) in [6.45, 7) is 6.91. The molecule has 4 rings (SSSR count). The van der Waals surface area contributed by atoms with E-state index in [1.807, 2.05) is 6.92 Å². The summed E-state index contributed by atoms with van der Waals surface area (Å²) in [7, 11) is 1.51. The van der Waals surface area contributed by atoms with Gasteiger partial charge in [0.15, 0.2) is 0 Å². The van der Waals surface area contributed by atoms with Gasteiger partial charge in [-0.2, -0.15) is 0 Å². The van der Waals surface area contributed by atoms with Crippen molar-refractivity contribution in [2.75, 3.05) is 24.4 Å². The van der Waals surface area contributed by atoms with Gasteiger partial charge in [-0.3, -0.25) is 19.0 Å². The third-order valence-corrected chi connectivity index (χ3v) is 8.23. The highest BCUT2D eigenvalue weighted by molar-refractivity contribution is 7.20. The lowest BCUT2D eigenvalue weighted by Crippen LogP contribution is -2.28. The van der Waals surface area contributed by atoms with Crippen LogP contribution >= 0.6 is 22.7 Å². The van der Waals surface area contributed by atoms with Gasteiger partial charge < -0.3 is 20.1 Å². The quantitative estimate of drug-likeness (QED) is 0.306. The van der Waals surface area contributed by atoms with Crippen molar-refractivity contribution in [1.82, 2.24) is 9.55 Å². The van der Waals surface area contributed by atoms with Gasteiger partial charge in [0.1, 0.15) is 22.1 Å². The van der Waals surface area contributed by atoms with E-state index < -0.39 is 23.3 Å². The lowest BCUT2D eigenvalue weighted by Gasteiger charge is -2.09. The van der Waals surface area contributed by atoms with Crippen LogP contribution in [0.5, 0.6) is 5.75 Å². The van der Waals surface area contributed by atoms with E-state index >= 15 is 0 Å². The number of rotatable bonds is 8. The van der Waals surface area contributed by atoms with E-state index in [0.717, 1.165) is 21.8 Å². The summed E-state index contributed by atoms with van der Waals surface area (Å²) in [5.41, 5.74) is 1.57. The molecule has 0 spiro atoms. The number of anilines is 2. The Bertz CT molecular complexity index is 1620. The molecule has 38 heavy (non-hydrogen) atoms. The van der Waals surface area contributed by atoms with E-state index in [9.17, 15) is 19.2 Å². The van der Waals surface area contributed by atoms with Gasteiger partial charge in [0, 0.05) is 4.88 Å². The van der Waals surface area contributed by atoms with E-state index in [4.69, 9.17) is 9.47 Å². The normalized spacial score (nSPS) is 10.9. The van der Waals surface area contributed by atoms with E-state index in [0.29, 0.717) is 37.3 Å². The maximum absolute atomic E-state index is 13.3. The number of carbonyl (C=O) groups excluding carboxylic acids is 3. The van der Waals surface area contributed by atoms with Crippen molar-refractivity contribution >= 4 is 61.4 Å². The van der Waals surface area contributed by atoms with Gasteiger partial charge in [-0.1, -0.05) is 12.1 Å². The third-order valence-electron chi connectivity index (χ3n) is 5.91. The molecule has 1 aromatic carbocycles. The fraction of sp³-hybridized carbons (Fsp3) is 0.269. The van der Waals surface area contributed by atoms with Gasteiger partial charge in [-0.25, -0.2) is 9.78 Å². The SMILES string of the molecule is CCOC(=O)c1c(NC(=O)Cn2cnc3sc(C(=O)Nc4ccccc4OC)c(C)c3c2=O)sc(C)c1C. The first-order valence-electron chi connectivity index (χ1n) is 11.7. The molecule has 0 aliphatic rings. The summed E-state index contributed by atoms with van der Waals surface area (Å²) in [4.78, 5) is 57.5. The first-order valence-corrected chi connectivity index (χ1v) is 13.3. The van der Waals surface area contributed by atoms with Crippen molar-refractivity contribution < 1.29 is 23.9 Å². The molecule has 0 saturated heterocycles. The summed E-state index contributed by atoms with van der Waals surface area (Å²) in [5, 5.41) is 6.18.